The van der Waals surface area contributed by atoms with E-state index in [-0.39, 0.29) is 11.3 Å². The summed E-state index contributed by atoms with van der Waals surface area (Å²) in [6.07, 6.45) is 4.03. The number of likely N-dealkylation sites (tertiary alicyclic amines) is 1. The molecule has 0 bridgehead atoms. The summed E-state index contributed by atoms with van der Waals surface area (Å²) < 4.78 is 0. The van der Waals surface area contributed by atoms with Crippen LogP contribution >= 0.6 is 0 Å². The minimum absolute atomic E-state index is 0.115. The monoisotopic (exact) mass is 420 g/mol. The zero-order valence-electron chi connectivity index (χ0n) is 18.9. The van der Waals surface area contributed by atoms with Crippen molar-refractivity contribution in [2.75, 3.05) is 25.5 Å². The van der Waals surface area contributed by atoms with Gasteiger partial charge in [-0.05, 0) is 31.0 Å². The Morgan fingerprint density at radius 3 is 2.19 bits per heavy atom. The molecular formula is C26H32N2O3. The summed E-state index contributed by atoms with van der Waals surface area (Å²) in [5.41, 5.74) is 3.63. The third kappa shape index (κ3) is 4.82. The normalized spacial score (nSPS) is 17.9. The molecule has 2 aromatic rings. The number of anilines is 1. The van der Waals surface area contributed by atoms with Crippen LogP contribution in [0.1, 0.15) is 55.3 Å². The molecule has 1 heterocycles. The number of unbranched alkanes of at least 4 members (excludes halogenated alkanes) is 3. The number of hydrogen-bond acceptors (Lipinski definition) is 4. The second kappa shape index (κ2) is 9.82. The first-order valence-electron chi connectivity index (χ1n) is 11.0. The first-order chi connectivity index (χ1) is 14.8. The lowest BCUT2D eigenvalue weighted by Gasteiger charge is -2.26. The highest BCUT2D eigenvalue weighted by Gasteiger charge is 2.45. The molecule has 5 nitrogen and oxygen atoms in total. The summed E-state index contributed by atoms with van der Waals surface area (Å²) in [5.74, 6) is -1.27. The van der Waals surface area contributed by atoms with Gasteiger partial charge in [0.1, 0.15) is 5.76 Å². The van der Waals surface area contributed by atoms with Gasteiger partial charge in [-0.1, -0.05) is 68.1 Å². The number of benzene rings is 2. The Morgan fingerprint density at radius 2 is 1.61 bits per heavy atom. The number of amides is 1. The van der Waals surface area contributed by atoms with Crippen molar-refractivity contribution in [2.24, 2.45) is 0 Å². The molecule has 1 fully saturated rings. The summed E-state index contributed by atoms with van der Waals surface area (Å²) in [5, 5.41) is 11.1. The fourth-order valence-electron chi connectivity index (χ4n) is 3.99. The van der Waals surface area contributed by atoms with Crippen molar-refractivity contribution in [3.05, 3.63) is 70.8 Å². The quantitative estimate of drug-likeness (QED) is 0.281. The zero-order chi connectivity index (χ0) is 22.5. The second-order valence-electron chi connectivity index (χ2n) is 8.41. The molecule has 1 saturated heterocycles. The number of rotatable bonds is 8. The van der Waals surface area contributed by atoms with Gasteiger partial charge in [0.2, 0.25) is 0 Å². The minimum Gasteiger partial charge on any atom is -0.507 e. The van der Waals surface area contributed by atoms with Crippen LogP contribution in [0.25, 0.3) is 5.76 Å². The van der Waals surface area contributed by atoms with Gasteiger partial charge in [0.25, 0.3) is 11.7 Å². The summed E-state index contributed by atoms with van der Waals surface area (Å²) in [7, 11) is 3.93. The second-order valence-corrected chi connectivity index (χ2v) is 8.41. The number of aliphatic hydroxyl groups is 1. The van der Waals surface area contributed by atoms with Gasteiger partial charge in [-0.25, -0.2) is 0 Å². The van der Waals surface area contributed by atoms with Crippen LogP contribution in [0.15, 0.2) is 54.1 Å². The Morgan fingerprint density at radius 1 is 0.968 bits per heavy atom. The molecule has 1 N–H and O–H groups in total. The van der Waals surface area contributed by atoms with Gasteiger partial charge in [-0.2, -0.15) is 0 Å². The molecule has 1 atom stereocenters. The average molecular weight is 421 g/mol. The Balaban J connectivity index is 2.06. The lowest BCUT2D eigenvalue weighted by Crippen LogP contribution is -2.30. The van der Waals surface area contributed by atoms with Crippen LogP contribution in [-0.4, -0.2) is 42.3 Å². The van der Waals surface area contributed by atoms with E-state index in [4.69, 9.17) is 0 Å². The van der Waals surface area contributed by atoms with E-state index >= 15 is 0 Å². The highest BCUT2D eigenvalue weighted by molar-refractivity contribution is 6.46. The first-order valence-corrected chi connectivity index (χ1v) is 11.0. The maximum Gasteiger partial charge on any atom is 0.295 e. The molecule has 3 rings (SSSR count). The Labute approximate surface area is 185 Å². The number of aliphatic hydroxyl groups excluding tert-OH is 1. The largest absolute Gasteiger partial charge is 0.507 e. The number of nitrogens with zero attached hydrogens (tertiary/aromatic N) is 2. The van der Waals surface area contributed by atoms with Gasteiger partial charge < -0.3 is 14.9 Å². The fourth-order valence-corrected chi connectivity index (χ4v) is 3.99. The molecule has 2 aromatic carbocycles. The number of hydrogen-bond donors (Lipinski definition) is 1. The van der Waals surface area contributed by atoms with Gasteiger partial charge in [0.05, 0.1) is 11.6 Å². The highest BCUT2D eigenvalue weighted by atomic mass is 16.3. The summed E-state index contributed by atoms with van der Waals surface area (Å²) in [4.78, 5) is 29.6. The maximum absolute atomic E-state index is 13.0. The standard InChI is InChI=1S/C26H32N2O3/c1-5-6-7-8-17-28-23(19-13-15-21(16-14-19)27(3)4)22(25(30)26(28)31)24(29)20-11-9-18(2)10-12-20/h9-16,23,29H,5-8,17H2,1-4H3/b24-22+. The smallest absolute Gasteiger partial charge is 0.295 e. The van der Waals surface area contributed by atoms with Crippen molar-refractivity contribution in [3.8, 4) is 0 Å². The Hall–Kier alpha value is -3.08. The number of carbonyl (C=O) groups excluding carboxylic acids is 2. The fraction of sp³-hybridized carbons (Fsp3) is 0.385. The molecule has 0 radical (unpaired) electrons. The van der Waals surface area contributed by atoms with E-state index in [1.165, 1.54) is 0 Å². The summed E-state index contributed by atoms with van der Waals surface area (Å²) >= 11 is 0. The lowest BCUT2D eigenvalue weighted by molar-refractivity contribution is -0.139. The average Bonchev–Trinajstić information content (AvgIpc) is 3.01. The molecule has 0 spiro atoms. The van der Waals surface area contributed by atoms with Crippen molar-refractivity contribution in [3.63, 3.8) is 0 Å². The predicted molar refractivity (Wildman–Crippen MR) is 125 cm³/mol. The van der Waals surface area contributed by atoms with E-state index in [2.05, 4.69) is 6.92 Å². The maximum atomic E-state index is 13.0. The van der Waals surface area contributed by atoms with Crippen LogP contribution < -0.4 is 4.90 Å². The molecule has 1 unspecified atom stereocenters. The first kappa shape index (κ1) is 22.6. The van der Waals surface area contributed by atoms with Gasteiger partial charge in [-0.15, -0.1) is 0 Å². The summed E-state index contributed by atoms with van der Waals surface area (Å²) in [6, 6.07) is 14.6. The number of ketones is 1. The number of carbonyl (C=O) groups is 2. The van der Waals surface area contributed by atoms with Crippen LogP contribution in [0.2, 0.25) is 0 Å². The number of aryl methyl sites for hydroxylation is 1. The van der Waals surface area contributed by atoms with E-state index in [9.17, 15) is 14.7 Å². The molecule has 0 aromatic heterocycles. The topological polar surface area (TPSA) is 60.9 Å². The summed E-state index contributed by atoms with van der Waals surface area (Å²) in [6.45, 7) is 4.60. The molecule has 1 aliphatic rings. The van der Waals surface area contributed by atoms with Crippen molar-refractivity contribution < 1.29 is 14.7 Å². The van der Waals surface area contributed by atoms with Gasteiger partial charge in [0, 0.05) is 31.9 Å². The van der Waals surface area contributed by atoms with Crippen LogP contribution in [-0.2, 0) is 9.59 Å². The van der Waals surface area contributed by atoms with Crippen molar-refractivity contribution in [1.29, 1.82) is 0 Å². The molecule has 5 heteroatoms. The van der Waals surface area contributed by atoms with Gasteiger partial charge in [0.15, 0.2) is 0 Å². The van der Waals surface area contributed by atoms with Crippen LogP contribution in [0.3, 0.4) is 0 Å². The molecule has 1 amide bonds. The van der Waals surface area contributed by atoms with Crippen molar-refractivity contribution >= 4 is 23.1 Å². The van der Waals surface area contributed by atoms with E-state index < -0.39 is 17.7 Å². The van der Waals surface area contributed by atoms with E-state index in [1.807, 2.05) is 62.3 Å². The molecular weight excluding hydrogens is 388 g/mol. The Kier molecular flexibility index (Phi) is 7.16. The van der Waals surface area contributed by atoms with E-state index in [0.29, 0.717) is 12.1 Å². The third-order valence-electron chi connectivity index (χ3n) is 5.84. The molecule has 1 aliphatic heterocycles. The van der Waals surface area contributed by atoms with Crippen molar-refractivity contribution in [1.82, 2.24) is 4.90 Å². The Bertz CT molecular complexity index is 959. The lowest BCUT2D eigenvalue weighted by atomic mass is 9.94. The van der Waals surface area contributed by atoms with E-state index in [1.54, 1.807) is 17.0 Å². The SMILES string of the molecule is CCCCCCN1C(=O)C(=O)/C(=C(/O)c2ccc(C)cc2)C1c1ccc(N(C)C)cc1. The van der Waals surface area contributed by atoms with Crippen LogP contribution in [0, 0.1) is 6.92 Å². The molecule has 164 valence electrons. The van der Waals surface area contributed by atoms with Crippen LogP contribution in [0.5, 0.6) is 0 Å². The van der Waals surface area contributed by atoms with Crippen molar-refractivity contribution in [2.45, 2.75) is 45.6 Å². The zero-order valence-corrected chi connectivity index (χ0v) is 18.9. The van der Waals surface area contributed by atoms with Gasteiger partial charge in [-0.3, -0.25) is 9.59 Å². The number of Topliss-reactive ketones (excluding diaryl/α,β-unsaturated/α-hetero) is 1. The van der Waals surface area contributed by atoms with E-state index in [0.717, 1.165) is 42.5 Å². The highest BCUT2D eigenvalue weighted by Crippen LogP contribution is 2.40. The molecule has 0 aliphatic carbocycles. The van der Waals surface area contributed by atoms with Crippen LogP contribution in [0.4, 0.5) is 5.69 Å². The molecule has 31 heavy (non-hydrogen) atoms. The molecule has 0 saturated carbocycles. The third-order valence-corrected chi connectivity index (χ3v) is 5.84. The predicted octanol–water partition coefficient (Wildman–Crippen LogP) is 5.06. The van der Waals surface area contributed by atoms with Gasteiger partial charge >= 0.3 is 0 Å². The minimum atomic E-state index is -0.616.